The molecule has 2 aliphatic heterocycles. The number of carbonyl (C=O) groups is 2. The molecule has 1 aromatic carbocycles. The van der Waals surface area contributed by atoms with E-state index in [1.165, 1.54) is 0 Å². The van der Waals surface area contributed by atoms with Crippen LogP contribution in [0.5, 0.6) is 0 Å². The summed E-state index contributed by atoms with van der Waals surface area (Å²) < 4.78 is 0. The van der Waals surface area contributed by atoms with Gasteiger partial charge in [0.05, 0.1) is 5.41 Å². The van der Waals surface area contributed by atoms with Gasteiger partial charge in [-0.1, -0.05) is 18.2 Å². The summed E-state index contributed by atoms with van der Waals surface area (Å²) in [5.41, 5.74) is 4.14. The van der Waals surface area contributed by atoms with Crippen LogP contribution in [0, 0.1) is 0 Å². The van der Waals surface area contributed by atoms with Crippen LogP contribution in [0.2, 0.25) is 0 Å². The first kappa shape index (κ1) is 15.6. The lowest BCUT2D eigenvalue weighted by molar-refractivity contribution is -0.124. The third-order valence-corrected chi connectivity index (χ3v) is 6.28. The van der Waals surface area contributed by atoms with E-state index in [9.17, 15) is 9.59 Å². The van der Waals surface area contributed by atoms with Crippen molar-refractivity contribution in [3.63, 3.8) is 0 Å². The van der Waals surface area contributed by atoms with Gasteiger partial charge in [-0.05, 0) is 43.7 Å². The fraction of sp³-hybridized carbons (Fsp3) is 0.450. The third kappa shape index (κ3) is 1.95. The molecule has 5 rings (SSSR count). The van der Waals surface area contributed by atoms with Gasteiger partial charge < -0.3 is 9.80 Å². The van der Waals surface area contributed by atoms with E-state index in [0.29, 0.717) is 18.8 Å². The first-order valence-electron chi connectivity index (χ1n) is 9.35. The molecule has 6 heteroatoms. The van der Waals surface area contributed by atoms with E-state index in [0.717, 1.165) is 54.6 Å². The minimum atomic E-state index is -0.612. The predicted octanol–water partition coefficient (Wildman–Crippen LogP) is 2.05. The van der Waals surface area contributed by atoms with Crippen molar-refractivity contribution in [2.45, 2.75) is 37.5 Å². The molecule has 3 heterocycles. The van der Waals surface area contributed by atoms with Gasteiger partial charge >= 0.3 is 0 Å². The van der Waals surface area contributed by atoms with Gasteiger partial charge in [-0.2, -0.15) is 5.10 Å². The van der Waals surface area contributed by atoms with Crippen LogP contribution >= 0.6 is 0 Å². The van der Waals surface area contributed by atoms with Crippen LogP contribution in [0.4, 0.5) is 5.69 Å². The lowest BCUT2D eigenvalue weighted by Gasteiger charge is -2.39. The predicted molar refractivity (Wildman–Crippen MR) is 97.3 cm³/mol. The van der Waals surface area contributed by atoms with Crippen LogP contribution in [0.1, 0.15) is 46.6 Å². The summed E-state index contributed by atoms with van der Waals surface area (Å²) in [5.74, 6) is 0.0618. The van der Waals surface area contributed by atoms with Gasteiger partial charge in [0.2, 0.25) is 5.91 Å². The second-order valence-electron chi connectivity index (χ2n) is 7.68. The molecule has 134 valence electrons. The first-order valence-corrected chi connectivity index (χ1v) is 9.35. The molecule has 1 unspecified atom stereocenters. The van der Waals surface area contributed by atoms with Crippen LogP contribution < -0.4 is 4.90 Å². The molecule has 1 fully saturated rings. The Balaban J connectivity index is 1.50. The van der Waals surface area contributed by atoms with Gasteiger partial charge in [-0.3, -0.25) is 14.7 Å². The van der Waals surface area contributed by atoms with E-state index in [2.05, 4.69) is 10.2 Å². The van der Waals surface area contributed by atoms with E-state index in [1.807, 2.05) is 36.2 Å². The fourth-order valence-electron chi connectivity index (χ4n) is 4.99. The van der Waals surface area contributed by atoms with Crippen LogP contribution in [-0.4, -0.2) is 47.0 Å². The molecule has 2 aromatic rings. The zero-order valence-electron chi connectivity index (χ0n) is 14.9. The van der Waals surface area contributed by atoms with Crippen LogP contribution in [0.3, 0.4) is 0 Å². The van der Waals surface area contributed by atoms with Gasteiger partial charge in [-0.15, -0.1) is 0 Å². The molecule has 26 heavy (non-hydrogen) atoms. The van der Waals surface area contributed by atoms with Gasteiger partial charge in [-0.25, -0.2) is 0 Å². The number of fused-ring (bicyclic) bond motifs is 3. The monoisotopic (exact) mass is 350 g/mol. The number of para-hydroxylation sites is 1. The van der Waals surface area contributed by atoms with Gasteiger partial charge in [0, 0.05) is 37.1 Å². The zero-order valence-corrected chi connectivity index (χ0v) is 14.9. The number of piperidine rings is 1. The maximum Gasteiger partial charge on any atom is 0.274 e. The van der Waals surface area contributed by atoms with Gasteiger partial charge in [0.25, 0.3) is 5.91 Å². The van der Waals surface area contributed by atoms with E-state index < -0.39 is 5.41 Å². The maximum atomic E-state index is 13.2. The maximum absolute atomic E-state index is 13.2. The normalized spacial score (nSPS) is 24.3. The summed E-state index contributed by atoms with van der Waals surface area (Å²) in [6.45, 7) is 1.12. The van der Waals surface area contributed by atoms with Crippen molar-refractivity contribution in [3.8, 4) is 0 Å². The topological polar surface area (TPSA) is 69.3 Å². The fourth-order valence-corrected chi connectivity index (χ4v) is 4.99. The van der Waals surface area contributed by atoms with Crippen molar-refractivity contribution in [1.82, 2.24) is 15.1 Å². The number of nitrogens with one attached hydrogen (secondary N) is 1. The standard InChI is InChI=1S/C20H22N4O2/c1-23-16-9-3-2-7-14(16)20(19(23)26)10-5-11-24(12-20)18(25)17-13-6-4-8-15(13)21-22-17/h2-3,7,9H,4-6,8,10-12H2,1H3,(H,21,22). The van der Waals surface area contributed by atoms with Gasteiger partial charge in [0.15, 0.2) is 5.69 Å². The summed E-state index contributed by atoms with van der Waals surface area (Å²) in [6.07, 6.45) is 4.57. The Morgan fingerprint density at radius 1 is 1.23 bits per heavy atom. The molecule has 1 N–H and O–H groups in total. The average Bonchev–Trinajstić information content (AvgIpc) is 3.34. The van der Waals surface area contributed by atoms with Crippen LogP contribution in [0.15, 0.2) is 24.3 Å². The number of anilines is 1. The number of rotatable bonds is 1. The van der Waals surface area contributed by atoms with E-state index in [1.54, 1.807) is 4.90 Å². The molecule has 0 radical (unpaired) electrons. The summed E-state index contributed by atoms with van der Waals surface area (Å²) in [4.78, 5) is 29.9. The third-order valence-electron chi connectivity index (χ3n) is 6.28. The average molecular weight is 350 g/mol. The quantitative estimate of drug-likeness (QED) is 0.856. The molecule has 1 atom stereocenters. The van der Waals surface area contributed by atoms with Crippen molar-refractivity contribution in [1.29, 1.82) is 0 Å². The van der Waals surface area contributed by atoms with Crippen molar-refractivity contribution >= 4 is 17.5 Å². The number of hydrogen-bond donors (Lipinski definition) is 1. The number of likely N-dealkylation sites (tertiary alicyclic amines) is 1. The number of aryl methyl sites for hydroxylation is 1. The number of H-pyrrole nitrogens is 1. The largest absolute Gasteiger partial charge is 0.336 e. The van der Waals surface area contributed by atoms with Crippen molar-refractivity contribution in [3.05, 3.63) is 46.8 Å². The molecule has 1 saturated heterocycles. The highest BCUT2D eigenvalue weighted by Gasteiger charge is 2.52. The van der Waals surface area contributed by atoms with Crippen molar-refractivity contribution in [2.75, 3.05) is 25.0 Å². The van der Waals surface area contributed by atoms with Crippen LogP contribution in [-0.2, 0) is 23.1 Å². The number of aromatic amines is 1. The highest BCUT2D eigenvalue weighted by Crippen LogP contribution is 2.46. The van der Waals surface area contributed by atoms with E-state index >= 15 is 0 Å². The number of hydrogen-bond acceptors (Lipinski definition) is 3. The number of aromatic nitrogens is 2. The Kier molecular flexibility index (Phi) is 3.26. The molecular weight excluding hydrogens is 328 g/mol. The number of benzene rings is 1. The number of nitrogens with zero attached hydrogens (tertiary/aromatic N) is 3. The summed E-state index contributed by atoms with van der Waals surface area (Å²) >= 11 is 0. The van der Waals surface area contributed by atoms with Crippen LogP contribution in [0.25, 0.3) is 0 Å². The summed E-state index contributed by atoms with van der Waals surface area (Å²) in [7, 11) is 1.83. The lowest BCUT2D eigenvalue weighted by Crippen LogP contribution is -2.53. The number of amides is 2. The highest BCUT2D eigenvalue weighted by atomic mass is 16.2. The van der Waals surface area contributed by atoms with Gasteiger partial charge in [0.1, 0.15) is 0 Å². The minimum Gasteiger partial charge on any atom is -0.336 e. The highest BCUT2D eigenvalue weighted by molar-refractivity contribution is 6.08. The first-order chi connectivity index (χ1) is 12.6. The summed E-state index contributed by atoms with van der Waals surface area (Å²) in [6, 6.07) is 7.97. The second-order valence-corrected chi connectivity index (χ2v) is 7.68. The Morgan fingerprint density at radius 3 is 2.96 bits per heavy atom. The molecule has 1 aliphatic carbocycles. The molecule has 2 amide bonds. The zero-order chi connectivity index (χ0) is 17.9. The van der Waals surface area contributed by atoms with Crippen molar-refractivity contribution < 1.29 is 9.59 Å². The molecule has 1 spiro atoms. The summed E-state index contributed by atoms with van der Waals surface area (Å²) in [5, 5.41) is 7.32. The Bertz CT molecular complexity index is 918. The van der Waals surface area contributed by atoms with Crippen molar-refractivity contribution in [2.24, 2.45) is 0 Å². The minimum absolute atomic E-state index is 0.0386. The molecule has 0 bridgehead atoms. The molecule has 1 aromatic heterocycles. The second kappa shape index (κ2) is 5.43. The smallest absolute Gasteiger partial charge is 0.274 e. The van der Waals surface area contributed by atoms with E-state index in [-0.39, 0.29) is 11.8 Å². The molecule has 6 nitrogen and oxygen atoms in total. The lowest BCUT2D eigenvalue weighted by atomic mass is 9.75. The van der Waals surface area contributed by atoms with E-state index in [4.69, 9.17) is 0 Å². The number of likely N-dealkylation sites (N-methyl/N-ethyl adjacent to an activating group) is 1. The SMILES string of the molecule is CN1C(=O)C2(CCCN(C(=O)c3n[nH]c4c3CCC4)C2)c2ccccc21. The Labute approximate surface area is 152 Å². The molecular formula is C20H22N4O2. The Morgan fingerprint density at radius 2 is 2.08 bits per heavy atom. The number of carbonyl (C=O) groups excluding carboxylic acids is 2. The molecule has 3 aliphatic rings. The molecule has 0 saturated carbocycles. The Hall–Kier alpha value is -2.63.